The molecule has 0 unspecified atom stereocenters. The fourth-order valence-corrected chi connectivity index (χ4v) is 3.17. The Kier molecular flexibility index (Phi) is 5.47. The molecular formula is C16H13Cl2N5OS. The summed E-state index contributed by atoms with van der Waals surface area (Å²) in [5.74, 6) is 6.44. The zero-order valence-corrected chi connectivity index (χ0v) is 15.1. The quantitative estimate of drug-likeness (QED) is 0.507. The molecule has 128 valence electrons. The van der Waals surface area contributed by atoms with E-state index < -0.39 is 5.56 Å². The van der Waals surface area contributed by atoms with Crippen LogP contribution in [0.5, 0.6) is 0 Å². The maximum absolute atomic E-state index is 12.4. The molecule has 0 saturated carbocycles. The minimum absolute atomic E-state index is 0.0317. The van der Waals surface area contributed by atoms with E-state index in [0.717, 1.165) is 10.2 Å². The normalized spacial score (nSPS) is 10.6. The number of benzene rings is 2. The van der Waals surface area contributed by atoms with Crippen LogP contribution in [0.15, 0.2) is 58.5 Å². The van der Waals surface area contributed by atoms with E-state index in [2.05, 4.69) is 15.5 Å². The largest absolute Gasteiger partial charge is 0.334 e. The molecule has 0 radical (unpaired) electrons. The van der Waals surface area contributed by atoms with Gasteiger partial charge in [0.25, 0.3) is 0 Å². The second-order valence-corrected chi connectivity index (χ2v) is 6.73. The number of hydrogen-bond donors (Lipinski definition) is 2. The van der Waals surface area contributed by atoms with Crippen LogP contribution in [-0.4, -0.2) is 14.9 Å². The van der Waals surface area contributed by atoms with Crippen molar-refractivity contribution in [3.05, 3.63) is 74.5 Å². The Labute approximate surface area is 157 Å². The van der Waals surface area contributed by atoms with Crippen molar-refractivity contribution in [3.63, 3.8) is 0 Å². The van der Waals surface area contributed by atoms with Crippen LogP contribution in [0, 0.1) is 0 Å². The first-order valence-corrected chi connectivity index (χ1v) is 8.93. The van der Waals surface area contributed by atoms with E-state index in [1.165, 1.54) is 11.8 Å². The first kappa shape index (κ1) is 17.6. The lowest BCUT2D eigenvalue weighted by molar-refractivity contribution is 0.705. The van der Waals surface area contributed by atoms with Crippen LogP contribution in [0.2, 0.25) is 10.0 Å². The van der Waals surface area contributed by atoms with Crippen molar-refractivity contribution in [2.45, 2.75) is 10.9 Å². The van der Waals surface area contributed by atoms with E-state index >= 15 is 0 Å². The summed E-state index contributed by atoms with van der Waals surface area (Å²) in [7, 11) is 0. The summed E-state index contributed by atoms with van der Waals surface area (Å²) in [6, 6.07) is 14.8. The molecule has 0 amide bonds. The molecule has 2 aromatic carbocycles. The van der Waals surface area contributed by atoms with E-state index in [1.54, 1.807) is 18.2 Å². The van der Waals surface area contributed by atoms with Crippen LogP contribution < -0.4 is 16.7 Å². The molecule has 6 nitrogen and oxygen atoms in total. The van der Waals surface area contributed by atoms with Gasteiger partial charge in [0.2, 0.25) is 11.0 Å². The lowest BCUT2D eigenvalue weighted by Crippen LogP contribution is -2.32. The molecular weight excluding hydrogens is 381 g/mol. The lowest BCUT2D eigenvalue weighted by atomic mass is 10.2. The number of nitrogen functional groups attached to an aromatic ring is 1. The Morgan fingerprint density at radius 1 is 1.08 bits per heavy atom. The Bertz CT molecular complexity index is 949. The van der Waals surface area contributed by atoms with Gasteiger partial charge >= 0.3 is 5.56 Å². The molecule has 0 fully saturated rings. The monoisotopic (exact) mass is 393 g/mol. The van der Waals surface area contributed by atoms with Crippen LogP contribution in [0.4, 0.5) is 11.5 Å². The van der Waals surface area contributed by atoms with Crippen molar-refractivity contribution >= 4 is 46.5 Å². The number of nitrogens with zero attached hydrogens (tertiary/aromatic N) is 3. The number of nitrogens with two attached hydrogens (primary N) is 1. The van der Waals surface area contributed by atoms with Crippen molar-refractivity contribution in [3.8, 4) is 0 Å². The summed E-state index contributed by atoms with van der Waals surface area (Å²) in [6.45, 7) is 0. The molecule has 0 atom stereocenters. The zero-order valence-electron chi connectivity index (χ0n) is 12.8. The number of nitrogens with one attached hydrogen (secondary N) is 1. The summed E-state index contributed by atoms with van der Waals surface area (Å²) in [4.78, 5) is 12.4. The van der Waals surface area contributed by atoms with Crippen molar-refractivity contribution < 1.29 is 0 Å². The first-order valence-electron chi connectivity index (χ1n) is 7.19. The fourth-order valence-electron chi connectivity index (χ4n) is 2.01. The second kappa shape index (κ2) is 7.77. The molecule has 0 bridgehead atoms. The Balaban J connectivity index is 1.80. The molecule has 1 aromatic heterocycles. The summed E-state index contributed by atoms with van der Waals surface area (Å²) >= 11 is 13.4. The third-order valence-corrected chi connectivity index (χ3v) is 5.11. The van der Waals surface area contributed by atoms with Gasteiger partial charge in [-0.3, -0.25) is 4.79 Å². The van der Waals surface area contributed by atoms with Gasteiger partial charge in [-0.05, 0) is 17.7 Å². The third kappa shape index (κ3) is 4.07. The van der Waals surface area contributed by atoms with E-state index in [0.29, 0.717) is 21.6 Å². The first-order chi connectivity index (χ1) is 12.1. The number of rotatable bonds is 5. The predicted molar refractivity (Wildman–Crippen MR) is 102 cm³/mol. The van der Waals surface area contributed by atoms with E-state index in [1.807, 2.05) is 30.3 Å². The van der Waals surface area contributed by atoms with E-state index in [4.69, 9.17) is 29.0 Å². The molecule has 9 heteroatoms. The van der Waals surface area contributed by atoms with Crippen LogP contribution in [0.1, 0.15) is 5.56 Å². The van der Waals surface area contributed by atoms with Crippen LogP contribution in [0.25, 0.3) is 0 Å². The molecule has 3 N–H and O–H groups in total. The average Bonchev–Trinajstić information content (AvgIpc) is 2.63. The SMILES string of the molecule is Nn1c(SCc2ccccc2)nnc(Nc2cccc(Cl)c2Cl)c1=O. The van der Waals surface area contributed by atoms with Gasteiger partial charge in [-0.1, -0.05) is 71.4 Å². The number of thioether (sulfide) groups is 1. The highest BCUT2D eigenvalue weighted by Crippen LogP contribution is 2.30. The maximum Gasteiger partial charge on any atom is 0.315 e. The van der Waals surface area contributed by atoms with Gasteiger partial charge in [0.1, 0.15) is 0 Å². The van der Waals surface area contributed by atoms with Gasteiger partial charge in [0.15, 0.2) is 0 Å². The molecule has 3 rings (SSSR count). The highest BCUT2D eigenvalue weighted by atomic mass is 35.5. The predicted octanol–water partition coefficient (Wildman–Crippen LogP) is 3.69. The standard InChI is InChI=1S/C16H13Cl2N5OS/c17-11-7-4-8-12(13(11)18)20-14-15(24)23(19)16(22-21-14)25-9-10-5-2-1-3-6-10/h1-8H,9,19H2,(H,20,21). The number of aromatic nitrogens is 3. The van der Waals surface area contributed by atoms with Crippen molar-refractivity contribution in [1.29, 1.82) is 0 Å². The van der Waals surface area contributed by atoms with Gasteiger partial charge in [0.05, 0.1) is 15.7 Å². The maximum atomic E-state index is 12.4. The molecule has 0 aliphatic rings. The molecule has 0 spiro atoms. The van der Waals surface area contributed by atoms with Crippen molar-refractivity contribution in [2.75, 3.05) is 11.2 Å². The number of anilines is 2. The summed E-state index contributed by atoms with van der Waals surface area (Å²) < 4.78 is 0.960. The van der Waals surface area contributed by atoms with Gasteiger partial charge in [-0.15, -0.1) is 10.2 Å². The highest BCUT2D eigenvalue weighted by Gasteiger charge is 2.13. The van der Waals surface area contributed by atoms with Gasteiger partial charge in [0, 0.05) is 5.75 Å². The summed E-state index contributed by atoms with van der Waals surface area (Å²) in [6.07, 6.45) is 0. The van der Waals surface area contributed by atoms with E-state index in [-0.39, 0.29) is 10.8 Å². The average molecular weight is 394 g/mol. The molecule has 0 saturated heterocycles. The zero-order chi connectivity index (χ0) is 17.8. The number of hydrogen-bond acceptors (Lipinski definition) is 6. The topological polar surface area (TPSA) is 85.8 Å². The Morgan fingerprint density at radius 3 is 2.60 bits per heavy atom. The minimum atomic E-state index is -0.512. The molecule has 3 aromatic rings. The smallest absolute Gasteiger partial charge is 0.315 e. The molecule has 25 heavy (non-hydrogen) atoms. The molecule has 0 aliphatic carbocycles. The van der Waals surface area contributed by atoms with Crippen molar-refractivity contribution in [2.24, 2.45) is 0 Å². The molecule has 1 heterocycles. The van der Waals surface area contributed by atoms with Crippen LogP contribution in [-0.2, 0) is 5.75 Å². The number of halogens is 2. The van der Waals surface area contributed by atoms with Crippen LogP contribution >= 0.6 is 35.0 Å². The Hall–Kier alpha value is -2.22. The molecule has 0 aliphatic heterocycles. The minimum Gasteiger partial charge on any atom is -0.334 e. The highest BCUT2D eigenvalue weighted by molar-refractivity contribution is 7.98. The summed E-state index contributed by atoms with van der Waals surface area (Å²) in [5.41, 5.74) is 1.03. The second-order valence-electron chi connectivity index (χ2n) is 5.01. The van der Waals surface area contributed by atoms with Crippen molar-refractivity contribution in [1.82, 2.24) is 14.9 Å². The van der Waals surface area contributed by atoms with E-state index in [9.17, 15) is 4.79 Å². The van der Waals surface area contributed by atoms with Gasteiger partial charge in [-0.2, -0.15) is 4.68 Å². The third-order valence-electron chi connectivity index (χ3n) is 3.28. The van der Waals surface area contributed by atoms with Crippen LogP contribution in [0.3, 0.4) is 0 Å². The lowest BCUT2D eigenvalue weighted by Gasteiger charge is -2.10. The van der Waals surface area contributed by atoms with Gasteiger partial charge < -0.3 is 11.2 Å². The fraction of sp³-hybridized carbons (Fsp3) is 0.0625. The summed E-state index contributed by atoms with van der Waals surface area (Å²) in [5, 5.41) is 11.7. The van der Waals surface area contributed by atoms with Gasteiger partial charge in [-0.25, -0.2) is 0 Å². The Morgan fingerprint density at radius 2 is 1.84 bits per heavy atom.